The van der Waals surface area contributed by atoms with Gasteiger partial charge in [0.25, 0.3) is 5.69 Å². The summed E-state index contributed by atoms with van der Waals surface area (Å²) in [6, 6.07) is 33.2. The van der Waals surface area contributed by atoms with E-state index >= 15 is 0 Å². The maximum Gasteiger partial charge on any atom is 0.331 e. The van der Waals surface area contributed by atoms with Crippen LogP contribution >= 0.6 is 0 Å². The summed E-state index contributed by atoms with van der Waals surface area (Å²) in [5.41, 5.74) is 3.95. The Kier molecular flexibility index (Phi) is 8.67. The van der Waals surface area contributed by atoms with Crippen molar-refractivity contribution in [2.75, 3.05) is 0 Å². The number of aliphatic imine (C=N–C) groups is 1. The van der Waals surface area contributed by atoms with Crippen LogP contribution in [0.15, 0.2) is 114 Å². The van der Waals surface area contributed by atoms with Crippen molar-refractivity contribution in [3.8, 4) is 0 Å². The molecule has 4 rings (SSSR count). The molecule has 0 aliphatic heterocycles. The summed E-state index contributed by atoms with van der Waals surface area (Å²) in [5.74, 6) is -0.533. The molecule has 1 atom stereocenters. The molecule has 39 heavy (non-hydrogen) atoms. The van der Waals surface area contributed by atoms with Gasteiger partial charge in [0.15, 0.2) is 6.04 Å². The normalized spacial score (nSPS) is 11.9. The standard InChI is InChI=1S/C33H32N2O4/c1-33(2,3)39-32(36)29(34-31(26-15-9-5-10-16-26)27-17-11-6-12-18-27)23-28-22-25(19-20-30(28)35(37)38)21-24-13-7-4-8-14-24/h4-20,22,29H,21,23H2,1-3H3/t29-/m0/s1. The van der Waals surface area contributed by atoms with Crippen molar-refractivity contribution in [2.24, 2.45) is 4.99 Å². The molecule has 0 saturated carbocycles. The summed E-state index contributed by atoms with van der Waals surface area (Å²) in [4.78, 5) is 30.0. The molecule has 0 heterocycles. The monoisotopic (exact) mass is 520 g/mol. The molecule has 0 aromatic heterocycles. The Labute approximate surface area is 229 Å². The number of esters is 1. The Morgan fingerprint density at radius 1 is 0.821 bits per heavy atom. The van der Waals surface area contributed by atoms with Crippen molar-refractivity contribution in [3.63, 3.8) is 0 Å². The van der Waals surface area contributed by atoms with Crippen LogP contribution in [-0.2, 0) is 22.4 Å². The van der Waals surface area contributed by atoms with Crippen molar-refractivity contribution >= 4 is 17.4 Å². The van der Waals surface area contributed by atoms with Crippen LogP contribution in [0.1, 0.15) is 48.6 Å². The zero-order chi connectivity index (χ0) is 27.8. The highest BCUT2D eigenvalue weighted by Gasteiger charge is 2.29. The summed E-state index contributed by atoms with van der Waals surface area (Å²) in [5, 5.41) is 12.0. The molecule has 4 aromatic rings. The first kappa shape index (κ1) is 27.5. The van der Waals surface area contributed by atoms with Crippen LogP contribution in [0.4, 0.5) is 5.69 Å². The van der Waals surface area contributed by atoms with Crippen LogP contribution in [0.5, 0.6) is 0 Å². The van der Waals surface area contributed by atoms with E-state index in [2.05, 4.69) is 0 Å². The highest BCUT2D eigenvalue weighted by Crippen LogP contribution is 2.26. The second kappa shape index (κ2) is 12.3. The lowest BCUT2D eigenvalue weighted by Crippen LogP contribution is -2.33. The summed E-state index contributed by atoms with van der Waals surface area (Å²) in [6.45, 7) is 5.39. The predicted octanol–water partition coefficient (Wildman–Crippen LogP) is 6.98. The van der Waals surface area contributed by atoms with Crippen molar-refractivity contribution in [1.29, 1.82) is 0 Å². The van der Waals surface area contributed by atoms with Gasteiger partial charge in [0.05, 0.1) is 10.6 Å². The Hall–Kier alpha value is -4.58. The largest absolute Gasteiger partial charge is 0.458 e. The Balaban J connectivity index is 1.80. The lowest BCUT2D eigenvalue weighted by Gasteiger charge is -2.23. The van der Waals surface area contributed by atoms with Gasteiger partial charge in [-0.2, -0.15) is 0 Å². The van der Waals surface area contributed by atoms with Gasteiger partial charge in [0.2, 0.25) is 0 Å². The number of nitrogens with zero attached hydrogens (tertiary/aromatic N) is 2. The molecule has 0 aliphatic rings. The zero-order valence-electron chi connectivity index (χ0n) is 22.4. The van der Waals surface area contributed by atoms with Crippen molar-refractivity contribution in [2.45, 2.75) is 45.3 Å². The van der Waals surface area contributed by atoms with Crippen LogP contribution < -0.4 is 0 Å². The van der Waals surface area contributed by atoms with Crippen molar-refractivity contribution < 1.29 is 14.5 Å². The predicted molar refractivity (Wildman–Crippen MR) is 154 cm³/mol. The van der Waals surface area contributed by atoms with E-state index in [4.69, 9.17) is 9.73 Å². The third kappa shape index (κ3) is 7.71. The lowest BCUT2D eigenvalue weighted by atomic mass is 9.97. The average molecular weight is 521 g/mol. The van der Waals surface area contributed by atoms with E-state index in [1.807, 2.05) is 97.1 Å². The molecule has 0 amide bonds. The Morgan fingerprint density at radius 3 is 1.87 bits per heavy atom. The number of hydrogen-bond donors (Lipinski definition) is 0. The first-order chi connectivity index (χ1) is 18.7. The fourth-order valence-corrected chi connectivity index (χ4v) is 4.35. The third-order valence-corrected chi connectivity index (χ3v) is 6.06. The lowest BCUT2D eigenvalue weighted by molar-refractivity contribution is -0.385. The molecule has 6 nitrogen and oxygen atoms in total. The Morgan fingerprint density at radius 2 is 1.36 bits per heavy atom. The minimum Gasteiger partial charge on any atom is -0.458 e. The number of carbonyl (C=O) groups is 1. The molecule has 4 aromatic carbocycles. The van der Waals surface area contributed by atoms with E-state index < -0.39 is 22.5 Å². The van der Waals surface area contributed by atoms with Crippen molar-refractivity contribution in [3.05, 3.63) is 147 Å². The van der Waals surface area contributed by atoms with E-state index in [1.165, 1.54) is 6.07 Å². The fourth-order valence-electron chi connectivity index (χ4n) is 4.35. The van der Waals surface area contributed by atoms with E-state index in [9.17, 15) is 14.9 Å². The number of ether oxygens (including phenoxy) is 1. The molecule has 0 bridgehead atoms. The SMILES string of the molecule is CC(C)(C)OC(=O)[C@H](Cc1cc(Cc2ccccc2)ccc1[N+](=O)[O-])N=C(c1ccccc1)c1ccccc1. The maximum atomic E-state index is 13.5. The van der Waals surface area contributed by atoms with E-state index in [0.29, 0.717) is 17.7 Å². The number of nitro groups is 1. The molecule has 6 heteroatoms. The van der Waals surface area contributed by atoms with Crippen LogP contribution in [0, 0.1) is 10.1 Å². The minimum atomic E-state index is -0.995. The Bertz CT molecular complexity index is 1400. The van der Waals surface area contributed by atoms with Gasteiger partial charge < -0.3 is 4.74 Å². The molecule has 0 unspecified atom stereocenters. The van der Waals surface area contributed by atoms with Crippen molar-refractivity contribution in [1.82, 2.24) is 0 Å². The van der Waals surface area contributed by atoms with Crippen LogP contribution in [-0.4, -0.2) is 28.2 Å². The minimum absolute atomic E-state index is 0.0248. The van der Waals surface area contributed by atoms with Crippen LogP contribution in [0.25, 0.3) is 0 Å². The fraction of sp³-hybridized carbons (Fsp3) is 0.212. The quantitative estimate of drug-likeness (QED) is 0.103. The summed E-state index contributed by atoms with van der Waals surface area (Å²) < 4.78 is 5.76. The second-order valence-electron chi connectivity index (χ2n) is 10.3. The van der Waals surface area contributed by atoms with Crippen LogP contribution in [0.3, 0.4) is 0 Å². The molecule has 0 saturated heterocycles. The molecule has 0 spiro atoms. The molecular formula is C33H32N2O4. The molecular weight excluding hydrogens is 488 g/mol. The molecule has 0 aliphatic carbocycles. The maximum absolute atomic E-state index is 13.5. The molecule has 0 radical (unpaired) electrons. The van der Waals surface area contributed by atoms with Gasteiger partial charge in [-0.1, -0.05) is 97.1 Å². The number of nitro benzene ring substituents is 1. The summed E-state index contributed by atoms with van der Waals surface area (Å²) >= 11 is 0. The van der Waals surface area contributed by atoms with Gasteiger partial charge in [0, 0.05) is 29.2 Å². The second-order valence-corrected chi connectivity index (χ2v) is 10.3. The number of benzene rings is 4. The average Bonchev–Trinajstić information content (AvgIpc) is 2.91. The van der Waals surface area contributed by atoms with Crippen LogP contribution in [0.2, 0.25) is 0 Å². The summed E-state index contributed by atoms with van der Waals surface area (Å²) in [7, 11) is 0. The third-order valence-electron chi connectivity index (χ3n) is 6.06. The van der Waals surface area contributed by atoms with Gasteiger partial charge in [-0.15, -0.1) is 0 Å². The number of hydrogen-bond acceptors (Lipinski definition) is 5. The zero-order valence-corrected chi connectivity index (χ0v) is 22.4. The first-order valence-corrected chi connectivity index (χ1v) is 12.9. The van der Waals surface area contributed by atoms with E-state index in [-0.39, 0.29) is 12.1 Å². The van der Waals surface area contributed by atoms with Gasteiger partial charge in [-0.3, -0.25) is 15.1 Å². The highest BCUT2D eigenvalue weighted by molar-refractivity contribution is 6.13. The number of carbonyl (C=O) groups excluding carboxylic acids is 1. The highest BCUT2D eigenvalue weighted by atomic mass is 16.6. The van der Waals surface area contributed by atoms with Gasteiger partial charge in [0.1, 0.15) is 5.60 Å². The molecule has 0 fully saturated rings. The summed E-state index contributed by atoms with van der Waals surface area (Å²) in [6.07, 6.45) is 0.641. The molecule has 198 valence electrons. The first-order valence-electron chi connectivity index (χ1n) is 12.9. The number of rotatable bonds is 9. The van der Waals surface area contributed by atoms with E-state index in [0.717, 1.165) is 22.3 Å². The topological polar surface area (TPSA) is 81.8 Å². The van der Waals surface area contributed by atoms with Gasteiger partial charge >= 0.3 is 5.97 Å². The van der Waals surface area contributed by atoms with E-state index in [1.54, 1.807) is 26.8 Å². The molecule has 0 N–H and O–H groups in total. The van der Waals surface area contributed by atoms with Gasteiger partial charge in [-0.25, -0.2) is 4.79 Å². The smallest absolute Gasteiger partial charge is 0.331 e. The van der Waals surface area contributed by atoms with Gasteiger partial charge in [-0.05, 0) is 44.4 Å².